The van der Waals surface area contributed by atoms with Crippen molar-refractivity contribution < 1.29 is 4.79 Å². The predicted molar refractivity (Wildman–Crippen MR) is 108 cm³/mol. The number of pyridine rings is 1. The van der Waals surface area contributed by atoms with E-state index in [1.807, 2.05) is 24.3 Å². The van der Waals surface area contributed by atoms with Crippen molar-refractivity contribution in [3.05, 3.63) is 71.0 Å². The van der Waals surface area contributed by atoms with Gasteiger partial charge >= 0.3 is 0 Å². The van der Waals surface area contributed by atoms with Crippen molar-refractivity contribution in [3.63, 3.8) is 0 Å². The fourth-order valence-corrected chi connectivity index (χ4v) is 4.47. The standard InChI is InChI=1S/C22H24ClN3O/c23-18-5-1-3-17(11-18)13-26-14-20-19(21(20)15-26)8-10-25-22(27)7-6-16-4-2-9-24-12-16/h1-7,9,11-12,19-21H,8,10,13-15H2,(H,25,27)/b7-6+/t19-,20-,21+. The molecule has 0 bridgehead atoms. The van der Waals surface area contributed by atoms with E-state index in [2.05, 4.69) is 27.3 Å². The molecule has 4 rings (SSSR count). The summed E-state index contributed by atoms with van der Waals surface area (Å²) in [6.45, 7) is 4.06. The first kappa shape index (κ1) is 18.2. The first-order valence-electron chi connectivity index (χ1n) is 9.52. The minimum Gasteiger partial charge on any atom is -0.353 e. The molecule has 2 aromatic rings. The molecule has 0 radical (unpaired) electrons. The monoisotopic (exact) mass is 381 g/mol. The van der Waals surface area contributed by atoms with E-state index in [0.717, 1.165) is 60.9 Å². The van der Waals surface area contributed by atoms with E-state index in [0.29, 0.717) is 0 Å². The van der Waals surface area contributed by atoms with Gasteiger partial charge in [-0.05, 0) is 59.6 Å². The van der Waals surface area contributed by atoms with Gasteiger partial charge in [0.25, 0.3) is 0 Å². The quantitative estimate of drug-likeness (QED) is 0.745. The molecule has 1 aliphatic heterocycles. The lowest BCUT2D eigenvalue weighted by molar-refractivity contribution is -0.116. The molecule has 2 heterocycles. The van der Waals surface area contributed by atoms with Crippen LogP contribution in [0, 0.1) is 17.8 Å². The summed E-state index contributed by atoms with van der Waals surface area (Å²) in [5, 5.41) is 3.80. The number of hydrogen-bond acceptors (Lipinski definition) is 3. The Morgan fingerprint density at radius 1 is 1.26 bits per heavy atom. The summed E-state index contributed by atoms with van der Waals surface area (Å²) in [5.41, 5.74) is 2.22. The van der Waals surface area contributed by atoms with E-state index in [-0.39, 0.29) is 5.91 Å². The van der Waals surface area contributed by atoms with E-state index in [1.165, 1.54) is 5.56 Å². The van der Waals surface area contributed by atoms with E-state index in [1.54, 1.807) is 24.5 Å². The molecule has 1 aromatic carbocycles. The van der Waals surface area contributed by atoms with Crippen molar-refractivity contribution >= 4 is 23.6 Å². The second-order valence-electron chi connectivity index (χ2n) is 7.51. The van der Waals surface area contributed by atoms with Gasteiger partial charge in [0.05, 0.1) is 0 Å². The summed E-state index contributed by atoms with van der Waals surface area (Å²) >= 11 is 6.07. The van der Waals surface area contributed by atoms with Gasteiger partial charge in [-0.25, -0.2) is 0 Å². The van der Waals surface area contributed by atoms with Gasteiger partial charge in [0.15, 0.2) is 0 Å². The number of carbonyl (C=O) groups is 1. The molecule has 1 saturated carbocycles. The van der Waals surface area contributed by atoms with Crippen LogP contribution in [-0.4, -0.2) is 35.4 Å². The van der Waals surface area contributed by atoms with Crippen LogP contribution in [0.3, 0.4) is 0 Å². The molecule has 3 atom stereocenters. The molecule has 1 saturated heterocycles. The zero-order valence-corrected chi connectivity index (χ0v) is 16.0. The summed E-state index contributed by atoms with van der Waals surface area (Å²) in [6.07, 6.45) is 7.91. The number of carbonyl (C=O) groups excluding carboxylic acids is 1. The Bertz CT molecular complexity index is 811. The van der Waals surface area contributed by atoms with Gasteiger partial charge < -0.3 is 5.32 Å². The number of likely N-dealkylation sites (tertiary alicyclic amines) is 1. The molecular formula is C22H24ClN3O. The van der Waals surface area contributed by atoms with Crippen molar-refractivity contribution in [1.29, 1.82) is 0 Å². The third-order valence-electron chi connectivity index (χ3n) is 5.63. The van der Waals surface area contributed by atoms with Crippen molar-refractivity contribution in [2.24, 2.45) is 17.8 Å². The van der Waals surface area contributed by atoms with Crippen LogP contribution in [-0.2, 0) is 11.3 Å². The Morgan fingerprint density at radius 2 is 2.11 bits per heavy atom. The largest absolute Gasteiger partial charge is 0.353 e. The maximum atomic E-state index is 11.9. The number of halogens is 1. The number of piperidine rings is 1. The van der Waals surface area contributed by atoms with Crippen molar-refractivity contribution in [2.75, 3.05) is 19.6 Å². The summed E-state index contributed by atoms with van der Waals surface area (Å²) in [5.74, 6) is 2.33. The zero-order chi connectivity index (χ0) is 18.6. The number of hydrogen-bond donors (Lipinski definition) is 1. The van der Waals surface area contributed by atoms with E-state index in [9.17, 15) is 4.79 Å². The van der Waals surface area contributed by atoms with Gasteiger partial charge in [-0.2, -0.15) is 0 Å². The van der Waals surface area contributed by atoms with Crippen LogP contribution in [0.15, 0.2) is 54.9 Å². The third kappa shape index (κ3) is 4.76. The summed E-state index contributed by atoms with van der Waals surface area (Å²) in [7, 11) is 0. The smallest absolute Gasteiger partial charge is 0.244 e. The van der Waals surface area contributed by atoms with E-state index >= 15 is 0 Å². The van der Waals surface area contributed by atoms with Crippen LogP contribution in [0.25, 0.3) is 6.08 Å². The number of amides is 1. The van der Waals surface area contributed by atoms with Crippen molar-refractivity contribution in [2.45, 2.75) is 13.0 Å². The maximum Gasteiger partial charge on any atom is 0.244 e. The van der Waals surface area contributed by atoms with E-state index < -0.39 is 0 Å². The van der Waals surface area contributed by atoms with Crippen LogP contribution in [0.2, 0.25) is 5.02 Å². The first-order valence-corrected chi connectivity index (χ1v) is 9.89. The average Bonchev–Trinajstić information content (AvgIpc) is 3.12. The molecule has 0 unspecified atom stereocenters. The van der Waals surface area contributed by atoms with Gasteiger partial charge in [-0.3, -0.25) is 14.7 Å². The van der Waals surface area contributed by atoms with Gasteiger partial charge in [0, 0.05) is 49.7 Å². The highest BCUT2D eigenvalue weighted by Gasteiger charge is 2.54. The molecule has 1 N–H and O–H groups in total. The minimum atomic E-state index is -0.0350. The number of nitrogens with zero attached hydrogens (tertiary/aromatic N) is 2. The number of nitrogens with one attached hydrogen (secondary N) is 1. The second kappa shape index (κ2) is 8.24. The fraction of sp³-hybridized carbons (Fsp3) is 0.364. The Hall–Kier alpha value is -2.17. The Kier molecular flexibility index (Phi) is 5.55. The van der Waals surface area contributed by atoms with Crippen molar-refractivity contribution in [1.82, 2.24) is 15.2 Å². The molecule has 140 valence electrons. The number of aromatic nitrogens is 1. The van der Waals surface area contributed by atoms with Gasteiger partial charge in [0.2, 0.25) is 5.91 Å². The molecule has 1 aliphatic carbocycles. The van der Waals surface area contributed by atoms with Crippen LogP contribution >= 0.6 is 11.6 Å². The highest BCUT2D eigenvalue weighted by molar-refractivity contribution is 6.30. The first-order chi connectivity index (χ1) is 13.2. The SMILES string of the molecule is O=C(/C=C/c1cccnc1)NCC[C@@H]1[C@H]2CN(Cc3cccc(Cl)c3)C[C@@H]12. The maximum absolute atomic E-state index is 11.9. The van der Waals surface area contributed by atoms with Crippen LogP contribution in [0.5, 0.6) is 0 Å². The molecule has 1 amide bonds. The number of rotatable bonds is 7. The lowest BCUT2D eigenvalue weighted by Gasteiger charge is -2.19. The number of benzene rings is 1. The summed E-state index contributed by atoms with van der Waals surface area (Å²) in [6, 6.07) is 11.9. The second-order valence-corrected chi connectivity index (χ2v) is 7.95. The Labute approximate surface area is 165 Å². The predicted octanol–water partition coefficient (Wildman–Crippen LogP) is 3.63. The fourth-order valence-electron chi connectivity index (χ4n) is 4.25. The van der Waals surface area contributed by atoms with Crippen LogP contribution in [0.4, 0.5) is 0 Å². The Balaban J connectivity index is 1.14. The zero-order valence-electron chi connectivity index (χ0n) is 15.2. The lowest BCUT2D eigenvalue weighted by atomic mass is 10.1. The minimum absolute atomic E-state index is 0.0350. The molecule has 5 heteroatoms. The third-order valence-corrected chi connectivity index (χ3v) is 5.87. The molecule has 2 aliphatic rings. The lowest BCUT2D eigenvalue weighted by Crippen LogP contribution is -2.26. The topological polar surface area (TPSA) is 45.2 Å². The Morgan fingerprint density at radius 3 is 2.85 bits per heavy atom. The van der Waals surface area contributed by atoms with Crippen molar-refractivity contribution in [3.8, 4) is 0 Å². The van der Waals surface area contributed by atoms with Gasteiger partial charge in [-0.1, -0.05) is 29.8 Å². The molecule has 0 spiro atoms. The highest BCUT2D eigenvalue weighted by Crippen LogP contribution is 2.53. The summed E-state index contributed by atoms with van der Waals surface area (Å²) < 4.78 is 0. The molecule has 27 heavy (non-hydrogen) atoms. The van der Waals surface area contributed by atoms with Gasteiger partial charge in [0.1, 0.15) is 0 Å². The molecule has 1 aromatic heterocycles. The highest BCUT2D eigenvalue weighted by atomic mass is 35.5. The molecule has 4 nitrogen and oxygen atoms in total. The molecular weight excluding hydrogens is 358 g/mol. The van der Waals surface area contributed by atoms with Crippen LogP contribution < -0.4 is 5.32 Å². The normalized spacial score (nSPS) is 24.1. The summed E-state index contributed by atoms with van der Waals surface area (Å²) in [4.78, 5) is 18.5. The number of fused-ring (bicyclic) bond motifs is 1. The average molecular weight is 382 g/mol. The van der Waals surface area contributed by atoms with Gasteiger partial charge in [-0.15, -0.1) is 0 Å². The van der Waals surface area contributed by atoms with E-state index in [4.69, 9.17) is 11.6 Å². The molecule has 2 fully saturated rings. The van der Waals surface area contributed by atoms with Crippen LogP contribution in [0.1, 0.15) is 17.5 Å².